The molecule has 5 nitrogen and oxygen atoms in total. The van der Waals surface area contributed by atoms with Crippen LogP contribution in [0.3, 0.4) is 0 Å². The molecule has 2 atom stereocenters. The maximum Gasteiger partial charge on any atom is 0.161 e. The summed E-state index contributed by atoms with van der Waals surface area (Å²) in [5.74, 6) is 1.22. The van der Waals surface area contributed by atoms with E-state index in [0.29, 0.717) is 12.2 Å². The van der Waals surface area contributed by atoms with Gasteiger partial charge in [0.15, 0.2) is 5.65 Å². The molecule has 2 aromatic heterocycles. The molecular formula is C17H25N5. The smallest absolute Gasteiger partial charge is 0.161 e. The Hall–Kier alpha value is -1.46. The highest BCUT2D eigenvalue weighted by Gasteiger charge is 2.32. The van der Waals surface area contributed by atoms with Gasteiger partial charge in [-0.1, -0.05) is 0 Å². The zero-order valence-corrected chi connectivity index (χ0v) is 13.6. The summed E-state index contributed by atoms with van der Waals surface area (Å²) in [6, 6.07) is 4.52. The van der Waals surface area contributed by atoms with Gasteiger partial charge in [0.25, 0.3) is 0 Å². The van der Waals surface area contributed by atoms with Crippen molar-refractivity contribution < 1.29 is 0 Å². The fourth-order valence-corrected chi connectivity index (χ4v) is 4.10. The number of likely N-dealkylation sites (tertiary alicyclic amines) is 2. The first-order chi connectivity index (χ1) is 10.8. The first-order valence-electron chi connectivity index (χ1n) is 8.49. The van der Waals surface area contributed by atoms with Gasteiger partial charge in [-0.3, -0.25) is 14.4 Å². The Morgan fingerprint density at radius 1 is 1.05 bits per heavy atom. The van der Waals surface area contributed by atoms with Gasteiger partial charge in [0, 0.05) is 6.20 Å². The van der Waals surface area contributed by atoms with Crippen LogP contribution in [0.4, 0.5) is 0 Å². The van der Waals surface area contributed by atoms with Gasteiger partial charge < -0.3 is 0 Å². The van der Waals surface area contributed by atoms with Crippen LogP contribution in [0.15, 0.2) is 18.3 Å². The Balaban J connectivity index is 1.86. The highest BCUT2D eigenvalue weighted by Crippen LogP contribution is 2.36. The Morgan fingerprint density at radius 2 is 1.91 bits per heavy atom. The summed E-state index contributed by atoms with van der Waals surface area (Å²) in [4.78, 5) is 14.6. The monoisotopic (exact) mass is 299 g/mol. The molecule has 0 saturated carbocycles. The van der Waals surface area contributed by atoms with Crippen LogP contribution in [0.2, 0.25) is 0 Å². The van der Waals surface area contributed by atoms with E-state index in [9.17, 15) is 0 Å². The Labute approximate surface area is 131 Å². The van der Waals surface area contributed by atoms with Crippen LogP contribution < -0.4 is 0 Å². The third-order valence-electron chi connectivity index (χ3n) is 5.32. The fourth-order valence-electron chi connectivity index (χ4n) is 4.10. The van der Waals surface area contributed by atoms with Crippen molar-refractivity contribution >= 4 is 11.2 Å². The number of piperidine rings is 1. The third-order valence-corrected chi connectivity index (χ3v) is 5.32. The van der Waals surface area contributed by atoms with Gasteiger partial charge in [-0.05, 0) is 71.4 Å². The molecule has 0 bridgehead atoms. The van der Waals surface area contributed by atoms with Gasteiger partial charge in [0.05, 0.1) is 12.2 Å². The number of hydrogen-bond acceptors (Lipinski definition) is 4. The van der Waals surface area contributed by atoms with Crippen molar-refractivity contribution in [1.82, 2.24) is 24.3 Å². The van der Waals surface area contributed by atoms with Gasteiger partial charge in [-0.15, -0.1) is 0 Å². The quantitative estimate of drug-likeness (QED) is 0.854. The summed E-state index contributed by atoms with van der Waals surface area (Å²) in [6.45, 7) is 2.33. The fraction of sp³-hybridized carbons (Fsp3) is 0.647. The van der Waals surface area contributed by atoms with E-state index in [1.165, 1.54) is 44.5 Å². The molecule has 4 heterocycles. The van der Waals surface area contributed by atoms with Crippen molar-refractivity contribution in [3.05, 3.63) is 24.2 Å². The van der Waals surface area contributed by atoms with Gasteiger partial charge in [-0.2, -0.15) is 0 Å². The molecule has 22 heavy (non-hydrogen) atoms. The normalized spacial score (nSPS) is 27.7. The van der Waals surface area contributed by atoms with Crippen molar-refractivity contribution in [1.29, 1.82) is 0 Å². The Bertz CT molecular complexity index is 664. The van der Waals surface area contributed by atoms with Gasteiger partial charge in [-0.25, -0.2) is 9.97 Å². The van der Waals surface area contributed by atoms with Crippen LogP contribution in [0, 0.1) is 0 Å². The van der Waals surface area contributed by atoms with Gasteiger partial charge in [0.1, 0.15) is 11.3 Å². The van der Waals surface area contributed by atoms with Crippen LogP contribution in [0.25, 0.3) is 11.2 Å². The largest absolute Gasteiger partial charge is 0.297 e. The topological polar surface area (TPSA) is 37.2 Å². The Morgan fingerprint density at radius 3 is 2.68 bits per heavy atom. The van der Waals surface area contributed by atoms with E-state index in [0.717, 1.165) is 17.7 Å². The number of nitrogens with zero attached hydrogens (tertiary/aromatic N) is 5. The molecule has 2 aromatic rings. The molecule has 118 valence electrons. The number of fused-ring (bicyclic) bond motifs is 1. The maximum absolute atomic E-state index is 4.99. The lowest BCUT2D eigenvalue weighted by molar-refractivity contribution is 0.122. The number of imidazole rings is 1. The highest BCUT2D eigenvalue weighted by molar-refractivity contribution is 5.71. The van der Waals surface area contributed by atoms with Crippen LogP contribution in [0.5, 0.6) is 0 Å². The van der Waals surface area contributed by atoms with Gasteiger partial charge in [0.2, 0.25) is 0 Å². The number of rotatable bonds is 2. The van der Waals surface area contributed by atoms with E-state index in [4.69, 9.17) is 4.98 Å². The summed E-state index contributed by atoms with van der Waals surface area (Å²) in [5.41, 5.74) is 2.09. The molecular weight excluding hydrogens is 274 g/mol. The molecule has 2 saturated heterocycles. The molecule has 0 aromatic carbocycles. The molecule has 0 radical (unpaired) electrons. The van der Waals surface area contributed by atoms with Crippen LogP contribution in [-0.4, -0.2) is 51.5 Å². The molecule has 4 rings (SSSR count). The standard InChI is InChI=1S/C17H25N5/c1-20-12-6-8-14(20)17-19-13-7-5-10-18-16(13)22(17)15-9-3-4-11-21(15)2/h5,7,10,14-15H,3-4,6,8-9,11-12H2,1-2H3. The van der Waals surface area contributed by atoms with Crippen molar-refractivity contribution in [3.63, 3.8) is 0 Å². The van der Waals surface area contributed by atoms with E-state index in [-0.39, 0.29) is 0 Å². The third kappa shape index (κ3) is 2.23. The van der Waals surface area contributed by atoms with Crippen LogP contribution in [0.1, 0.15) is 50.1 Å². The second-order valence-corrected chi connectivity index (χ2v) is 6.78. The first kappa shape index (κ1) is 14.2. The molecule has 5 heteroatoms. The van der Waals surface area contributed by atoms with Gasteiger partial charge >= 0.3 is 0 Å². The predicted molar refractivity (Wildman–Crippen MR) is 87.7 cm³/mol. The van der Waals surface area contributed by atoms with Crippen molar-refractivity contribution in [2.75, 3.05) is 27.2 Å². The molecule has 2 fully saturated rings. The minimum absolute atomic E-state index is 0.401. The number of aromatic nitrogens is 3. The molecule has 2 unspecified atom stereocenters. The summed E-state index contributed by atoms with van der Waals surface area (Å²) in [6.07, 6.45) is 8.55. The summed E-state index contributed by atoms with van der Waals surface area (Å²) >= 11 is 0. The minimum Gasteiger partial charge on any atom is -0.297 e. The molecule has 0 N–H and O–H groups in total. The molecule has 0 aliphatic carbocycles. The lowest BCUT2D eigenvalue weighted by Gasteiger charge is -2.35. The van der Waals surface area contributed by atoms with E-state index < -0.39 is 0 Å². The van der Waals surface area contributed by atoms with Crippen molar-refractivity contribution in [3.8, 4) is 0 Å². The summed E-state index contributed by atoms with van der Waals surface area (Å²) in [7, 11) is 4.46. The summed E-state index contributed by atoms with van der Waals surface area (Å²) < 4.78 is 2.43. The highest BCUT2D eigenvalue weighted by atomic mass is 15.3. The lowest BCUT2D eigenvalue weighted by Crippen LogP contribution is -2.35. The van der Waals surface area contributed by atoms with E-state index in [1.54, 1.807) is 0 Å². The van der Waals surface area contributed by atoms with Crippen molar-refractivity contribution in [2.24, 2.45) is 0 Å². The van der Waals surface area contributed by atoms with E-state index in [2.05, 4.69) is 39.5 Å². The maximum atomic E-state index is 4.99. The zero-order valence-electron chi connectivity index (χ0n) is 13.6. The van der Waals surface area contributed by atoms with Crippen molar-refractivity contribution in [2.45, 2.75) is 44.3 Å². The first-order valence-corrected chi connectivity index (χ1v) is 8.49. The average molecular weight is 299 g/mol. The second kappa shape index (κ2) is 5.63. The Kier molecular flexibility index (Phi) is 3.62. The predicted octanol–water partition coefficient (Wildman–Crippen LogP) is 2.81. The SMILES string of the molecule is CN1CCCC1c1nc2cccnc2n1C1CCCCN1C. The van der Waals surface area contributed by atoms with Crippen LogP contribution >= 0.6 is 0 Å². The molecule has 0 spiro atoms. The number of pyridine rings is 1. The van der Waals surface area contributed by atoms with Crippen LogP contribution in [-0.2, 0) is 0 Å². The lowest BCUT2D eigenvalue weighted by atomic mass is 10.1. The number of hydrogen-bond donors (Lipinski definition) is 0. The minimum atomic E-state index is 0.401. The second-order valence-electron chi connectivity index (χ2n) is 6.78. The average Bonchev–Trinajstić information content (AvgIpc) is 3.11. The van der Waals surface area contributed by atoms with E-state index >= 15 is 0 Å². The summed E-state index contributed by atoms with van der Waals surface area (Å²) in [5, 5.41) is 0. The van der Waals surface area contributed by atoms with E-state index in [1.807, 2.05) is 12.3 Å². The zero-order chi connectivity index (χ0) is 15.1. The molecule has 2 aliphatic heterocycles. The molecule has 0 amide bonds. The molecule has 2 aliphatic rings.